The maximum atomic E-state index is 13.1. The molecule has 1 fully saturated rings. The van der Waals surface area contributed by atoms with Crippen molar-refractivity contribution < 1.29 is 39.8 Å². The van der Waals surface area contributed by atoms with Gasteiger partial charge in [0.15, 0.2) is 6.29 Å². The van der Waals surface area contributed by atoms with Gasteiger partial charge in [-0.15, -0.1) is 0 Å². The van der Waals surface area contributed by atoms with Crippen LogP contribution >= 0.6 is 0 Å². The molecule has 1 saturated heterocycles. The fraction of sp³-hybridized carbons (Fsp3) is 0.654. The van der Waals surface area contributed by atoms with Crippen LogP contribution in [0.4, 0.5) is 0 Å². The number of hydrogen-bond donors (Lipinski definition) is 6. The van der Waals surface area contributed by atoms with E-state index in [1.165, 1.54) is 122 Å². The number of nitrogens with one attached hydrogen (secondary N) is 1. The zero-order valence-corrected chi connectivity index (χ0v) is 55.2. The molecule has 0 radical (unpaired) electrons. The van der Waals surface area contributed by atoms with Gasteiger partial charge in [0.2, 0.25) is 5.91 Å². The van der Waals surface area contributed by atoms with Crippen LogP contribution in [-0.2, 0) is 14.3 Å². The first-order valence-corrected chi connectivity index (χ1v) is 35.2. The lowest BCUT2D eigenvalue weighted by Gasteiger charge is -2.40. The minimum Gasteiger partial charge on any atom is -0.394 e. The second kappa shape index (κ2) is 64.8. The molecular formula is C78H129NO8. The largest absolute Gasteiger partial charge is 0.394 e. The monoisotopic (exact) mass is 1210 g/mol. The molecule has 7 unspecified atom stereocenters. The summed E-state index contributed by atoms with van der Waals surface area (Å²) in [7, 11) is 0. The second-order valence-electron chi connectivity index (χ2n) is 23.6. The molecule has 0 spiro atoms. The van der Waals surface area contributed by atoms with Crippen LogP contribution in [0.3, 0.4) is 0 Å². The smallest absolute Gasteiger partial charge is 0.220 e. The van der Waals surface area contributed by atoms with Crippen molar-refractivity contribution in [1.82, 2.24) is 5.32 Å². The van der Waals surface area contributed by atoms with Gasteiger partial charge in [0, 0.05) is 6.42 Å². The van der Waals surface area contributed by atoms with Gasteiger partial charge >= 0.3 is 0 Å². The van der Waals surface area contributed by atoms with Crippen LogP contribution in [0.5, 0.6) is 0 Å². The van der Waals surface area contributed by atoms with Crippen molar-refractivity contribution in [2.45, 2.75) is 314 Å². The SMILES string of the molecule is CC/C=C\C/C=C\C/C=C\C/C=C\C/C=C\C/C=C\C/C=C\C/C=C\C/C=C\C/C=C\CCCCCCC(=O)NC(COC1OC(CO)C(O)C(O)C1O)C(O)/C=C/CC/C=C/CC/C=C/CCCCCCCCCCCCCCCCCCCCC. The summed E-state index contributed by atoms with van der Waals surface area (Å²) in [5, 5.41) is 54.7. The van der Waals surface area contributed by atoms with Crippen molar-refractivity contribution in [3.63, 3.8) is 0 Å². The number of amides is 1. The Morgan fingerprint density at radius 1 is 0.402 bits per heavy atom. The van der Waals surface area contributed by atoms with Gasteiger partial charge in [-0.3, -0.25) is 4.79 Å². The van der Waals surface area contributed by atoms with Gasteiger partial charge in [-0.2, -0.15) is 0 Å². The van der Waals surface area contributed by atoms with Crippen molar-refractivity contribution in [1.29, 1.82) is 0 Å². The third kappa shape index (κ3) is 53.4. The summed E-state index contributed by atoms with van der Waals surface area (Å²) in [5.41, 5.74) is 0. The molecular weight excluding hydrogens is 1080 g/mol. The normalized spacial score (nSPS) is 19.0. The Balaban J connectivity index is 2.23. The van der Waals surface area contributed by atoms with E-state index >= 15 is 0 Å². The number of carbonyl (C=O) groups excluding carboxylic acids is 1. The third-order valence-electron chi connectivity index (χ3n) is 15.6. The third-order valence-corrected chi connectivity index (χ3v) is 15.6. The summed E-state index contributed by atoms with van der Waals surface area (Å²) in [6, 6.07) is -0.857. The molecule has 0 aromatic carbocycles. The zero-order valence-electron chi connectivity index (χ0n) is 55.2. The maximum Gasteiger partial charge on any atom is 0.220 e. The van der Waals surface area contributed by atoms with E-state index in [2.05, 4.69) is 165 Å². The van der Waals surface area contributed by atoms with E-state index in [0.717, 1.165) is 116 Å². The number of aliphatic hydroxyl groups excluding tert-OH is 5. The molecule has 0 saturated carbocycles. The number of unbranched alkanes of at least 4 members (excludes halogenated alkanes) is 25. The van der Waals surface area contributed by atoms with Gasteiger partial charge in [0.05, 0.1) is 25.4 Å². The van der Waals surface area contributed by atoms with Crippen molar-refractivity contribution >= 4 is 5.91 Å². The van der Waals surface area contributed by atoms with E-state index in [-0.39, 0.29) is 12.5 Å². The highest BCUT2D eigenvalue weighted by Crippen LogP contribution is 2.23. The number of rotatable bonds is 59. The van der Waals surface area contributed by atoms with Crippen LogP contribution < -0.4 is 5.32 Å². The Bertz CT molecular complexity index is 1930. The van der Waals surface area contributed by atoms with Crippen LogP contribution in [0.1, 0.15) is 271 Å². The Kier molecular flexibility index (Phi) is 60.2. The van der Waals surface area contributed by atoms with E-state index in [1.807, 2.05) is 6.08 Å². The van der Waals surface area contributed by atoms with Crippen molar-refractivity contribution in [2.24, 2.45) is 0 Å². The van der Waals surface area contributed by atoms with Crippen LogP contribution in [0, 0.1) is 0 Å². The van der Waals surface area contributed by atoms with E-state index in [1.54, 1.807) is 6.08 Å². The molecule has 9 heteroatoms. The highest BCUT2D eigenvalue weighted by Gasteiger charge is 2.44. The lowest BCUT2D eigenvalue weighted by molar-refractivity contribution is -0.302. The van der Waals surface area contributed by atoms with Gasteiger partial charge in [-0.25, -0.2) is 0 Å². The second-order valence-corrected chi connectivity index (χ2v) is 23.6. The molecule has 494 valence electrons. The molecule has 1 heterocycles. The Labute approximate surface area is 533 Å². The van der Waals surface area contributed by atoms with Crippen molar-refractivity contribution in [3.05, 3.63) is 158 Å². The quantitative estimate of drug-likeness (QED) is 0.0261. The summed E-state index contributed by atoms with van der Waals surface area (Å²) in [6.07, 6.45) is 94.8. The van der Waals surface area contributed by atoms with Crippen LogP contribution in [-0.4, -0.2) is 87.5 Å². The predicted octanol–water partition coefficient (Wildman–Crippen LogP) is 19.5. The number of ether oxygens (including phenoxy) is 2. The van der Waals surface area contributed by atoms with Crippen LogP contribution in [0.15, 0.2) is 158 Å². The molecule has 9 nitrogen and oxygen atoms in total. The van der Waals surface area contributed by atoms with Gasteiger partial charge < -0.3 is 40.3 Å². The molecule has 1 aliphatic heterocycles. The van der Waals surface area contributed by atoms with Crippen molar-refractivity contribution in [3.8, 4) is 0 Å². The minimum absolute atomic E-state index is 0.220. The van der Waals surface area contributed by atoms with E-state index in [4.69, 9.17) is 9.47 Å². The van der Waals surface area contributed by atoms with Gasteiger partial charge in [-0.05, 0) is 122 Å². The first-order valence-electron chi connectivity index (χ1n) is 35.2. The minimum atomic E-state index is -1.59. The fourth-order valence-electron chi connectivity index (χ4n) is 10.1. The molecule has 87 heavy (non-hydrogen) atoms. The van der Waals surface area contributed by atoms with E-state index in [9.17, 15) is 30.3 Å². The number of hydrogen-bond acceptors (Lipinski definition) is 8. The summed E-state index contributed by atoms with van der Waals surface area (Å²) in [5.74, 6) is -0.220. The lowest BCUT2D eigenvalue weighted by atomic mass is 9.99. The summed E-state index contributed by atoms with van der Waals surface area (Å²) < 4.78 is 11.3. The molecule has 6 N–H and O–H groups in total. The molecule has 0 aromatic rings. The van der Waals surface area contributed by atoms with Gasteiger partial charge in [-0.1, -0.05) is 300 Å². The van der Waals surface area contributed by atoms with Gasteiger partial charge in [0.1, 0.15) is 24.4 Å². The average molecular weight is 1210 g/mol. The van der Waals surface area contributed by atoms with E-state index < -0.39 is 49.5 Å². The molecule has 1 aliphatic rings. The predicted molar refractivity (Wildman–Crippen MR) is 373 cm³/mol. The Morgan fingerprint density at radius 3 is 1.10 bits per heavy atom. The van der Waals surface area contributed by atoms with Gasteiger partial charge in [0.25, 0.3) is 0 Å². The Hall–Kier alpha value is -4.19. The number of allylic oxidation sites excluding steroid dienone is 25. The first kappa shape index (κ1) is 80.8. The molecule has 7 atom stereocenters. The first-order chi connectivity index (χ1) is 42.8. The fourth-order valence-corrected chi connectivity index (χ4v) is 10.1. The lowest BCUT2D eigenvalue weighted by Crippen LogP contribution is -2.60. The molecule has 1 rings (SSSR count). The summed E-state index contributed by atoms with van der Waals surface area (Å²) in [6.45, 7) is 3.64. The molecule has 0 aromatic heterocycles. The number of aliphatic hydroxyl groups is 5. The van der Waals surface area contributed by atoms with Crippen LogP contribution in [0.25, 0.3) is 0 Å². The zero-order chi connectivity index (χ0) is 62.8. The van der Waals surface area contributed by atoms with Crippen LogP contribution in [0.2, 0.25) is 0 Å². The molecule has 0 bridgehead atoms. The maximum absolute atomic E-state index is 13.1. The Morgan fingerprint density at radius 2 is 0.724 bits per heavy atom. The highest BCUT2D eigenvalue weighted by molar-refractivity contribution is 5.76. The molecule has 1 amide bonds. The summed E-state index contributed by atoms with van der Waals surface area (Å²) >= 11 is 0. The highest BCUT2D eigenvalue weighted by atomic mass is 16.7. The van der Waals surface area contributed by atoms with Crippen molar-refractivity contribution in [2.75, 3.05) is 13.2 Å². The summed E-state index contributed by atoms with van der Waals surface area (Å²) in [4.78, 5) is 13.1. The standard InChI is InChI=1S/C78H129NO8/c1-3-5-7-9-11-13-15-17-19-21-23-25-27-29-31-33-34-35-36-37-38-40-42-44-46-48-50-52-54-56-58-60-62-64-66-68-74(82)79-71(70-86-78-77(85)76(84)75(83)73(69-80)87-78)72(81)67-65-63-61-59-57-55-53-51-49-47-45-43-41-39-32-30-28-26-24-22-20-18-16-14-12-10-8-6-4-2/h5,7,11,13,17,19,23,25,29,31,34-35,37-38,42,44,48-51,54,56-57,59,65,67,71-73,75-78,80-81,83-85H,3-4,6,8-10,12,14-16,18,20-22,24,26-28,30,32-33,36,39-41,43,45-47,52-53,55,58,60-64,66,68-70H2,1-2H3,(H,79,82)/b7-5-,13-11-,19-17-,25-23-,31-29-,35-34-,38-37-,44-42-,50-48-,51-49+,56-54-,59-57+,67-65+. The number of carbonyl (C=O) groups is 1. The molecule has 0 aliphatic carbocycles. The topological polar surface area (TPSA) is 149 Å². The van der Waals surface area contributed by atoms with E-state index in [0.29, 0.717) is 19.3 Å². The average Bonchev–Trinajstić information content (AvgIpc) is 3.47.